The topological polar surface area (TPSA) is 142 Å². The van der Waals surface area contributed by atoms with Crippen LogP contribution in [0.2, 0.25) is 0 Å². The van der Waals surface area contributed by atoms with E-state index >= 15 is 0 Å². The SMILES string of the molecule is COC(=O)c1cccc(CNc2ncc(-c3ccnc(N(C(=O)OC(C)(C)C)C(=O)OC(C)(C)C)n3)c3c2CCO3)c1. The molecule has 42 heavy (non-hydrogen) atoms. The second-order valence-electron chi connectivity index (χ2n) is 11.5. The quantitative estimate of drug-likeness (QED) is 0.291. The van der Waals surface area contributed by atoms with Crippen LogP contribution in [0.5, 0.6) is 5.75 Å². The van der Waals surface area contributed by atoms with Crippen LogP contribution in [0.4, 0.5) is 21.4 Å². The van der Waals surface area contributed by atoms with E-state index in [1.165, 1.54) is 13.3 Å². The van der Waals surface area contributed by atoms with Crippen LogP contribution in [-0.4, -0.2) is 58.0 Å². The largest absolute Gasteiger partial charge is 0.492 e. The number of hydrogen-bond acceptors (Lipinski definition) is 11. The summed E-state index contributed by atoms with van der Waals surface area (Å²) >= 11 is 0. The number of fused-ring (bicyclic) bond motifs is 1. The van der Waals surface area contributed by atoms with Crippen LogP contribution in [0, 0.1) is 0 Å². The summed E-state index contributed by atoms with van der Waals surface area (Å²) in [4.78, 5) is 52.0. The maximum atomic E-state index is 13.1. The Morgan fingerprint density at radius 3 is 2.33 bits per heavy atom. The number of imide groups is 1. The molecule has 1 aromatic carbocycles. The zero-order valence-electron chi connectivity index (χ0n) is 24.8. The number of esters is 1. The van der Waals surface area contributed by atoms with Crippen molar-refractivity contribution in [3.05, 3.63) is 59.4 Å². The lowest BCUT2D eigenvalue weighted by atomic mass is 10.1. The number of aromatic nitrogens is 3. The van der Waals surface area contributed by atoms with Gasteiger partial charge in [0, 0.05) is 30.9 Å². The fraction of sp³-hybridized carbons (Fsp3) is 0.400. The number of ether oxygens (including phenoxy) is 4. The van der Waals surface area contributed by atoms with E-state index in [9.17, 15) is 14.4 Å². The smallest absolute Gasteiger partial charge is 0.427 e. The average molecular weight is 578 g/mol. The van der Waals surface area contributed by atoms with Crippen molar-refractivity contribution < 1.29 is 33.3 Å². The Labute approximate surface area is 244 Å². The van der Waals surface area contributed by atoms with E-state index in [4.69, 9.17) is 18.9 Å². The lowest BCUT2D eigenvalue weighted by Crippen LogP contribution is -2.44. The zero-order chi connectivity index (χ0) is 30.7. The monoisotopic (exact) mass is 577 g/mol. The summed E-state index contributed by atoms with van der Waals surface area (Å²) in [6, 6.07) is 8.77. The second-order valence-corrected chi connectivity index (χ2v) is 11.5. The second kappa shape index (κ2) is 12.0. The van der Waals surface area contributed by atoms with E-state index < -0.39 is 29.4 Å². The number of carbonyl (C=O) groups is 3. The summed E-state index contributed by atoms with van der Waals surface area (Å²) in [5, 5.41) is 3.32. The number of pyridine rings is 1. The van der Waals surface area contributed by atoms with Gasteiger partial charge in [0.05, 0.1) is 30.5 Å². The normalized spacial score (nSPS) is 12.5. The highest BCUT2D eigenvalue weighted by Gasteiger charge is 2.35. The first kappa shape index (κ1) is 30.2. The molecule has 1 aliphatic rings. The Morgan fingerprint density at radius 2 is 1.69 bits per heavy atom. The summed E-state index contributed by atoms with van der Waals surface area (Å²) in [6.07, 6.45) is 1.71. The summed E-state index contributed by atoms with van der Waals surface area (Å²) in [7, 11) is 1.34. The van der Waals surface area contributed by atoms with E-state index in [2.05, 4.69) is 20.3 Å². The minimum absolute atomic E-state index is 0.213. The lowest BCUT2D eigenvalue weighted by molar-refractivity contribution is 0.0426. The third-order valence-corrected chi connectivity index (χ3v) is 5.80. The molecular formula is C30H35N5O7. The van der Waals surface area contributed by atoms with Gasteiger partial charge in [-0.15, -0.1) is 4.90 Å². The van der Waals surface area contributed by atoms with Gasteiger partial charge < -0.3 is 24.3 Å². The molecule has 0 fully saturated rings. The Hall–Kier alpha value is -4.74. The summed E-state index contributed by atoms with van der Waals surface area (Å²) in [5.41, 5.74) is 1.39. The van der Waals surface area contributed by atoms with Crippen molar-refractivity contribution in [2.75, 3.05) is 23.9 Å². The Kier molecular flexibility index (Phi) is 8.64. The van der Waals surface area contributed by atoms with Crippen LogP contribution < -0.4 is 15.0 Å². The Balaban J connectivity index is 1.64. The minimum atomic E-state index is -0.968. The predicted molar refractivity (Wildman–Crippen MR) is 155 cm³/mol. The number of amides is 2. The number of nitrogens with zero attached hydrogens (tertiary/aromatic N) is 4. The number of anilines is 2. The first-order valence-corrected chi connectivity index (χ1v) is 13.4. The van der Waals surface area contributed by atoms with Gasteiger partial charge >= 0.3 is 18.2 Å². The molecule has 3 heterocycles. The van der Waals surface area contributed by atoms with Gasteiger partial charge in [-0.05, 0) is 65.3 Å². The third kappa shape index (κ3) is 7.31. The molecule has 0 saturated heterocycles. The van der Waals surface area contributed by atoms with Gasteiger partial charge in [0.1, 0.15) is 22.8 Å². The van der Waals surface area contributed by atoms with Gasteiger partial charge in [0.15, 0.2) is 0 Å². The number of rotatable bonds is 6. The minimum Gasteiger partial charge on any atom is -0.492 e. The molecule has 0 spiro atoms. The van der Waals surface area contributed by atoms with Crippen LogP contribution >= 0.6 is 0 Å². The molecule has 1 aliphatic heterocycles. The fourth-order valence-corrected chi connectivity index (χ4v) is 4.09. The van der Waals surface area contributed by atoms with E-state index in [1.807, 2.05) is 6.07 Å². The van der Waals surface area contributed by atoms with Crippen molar-refractivity contribution in [1.82, 2.24) is 15.0 Å². The zero-order valence-corrected chi connectivity index (χ0v) is 24.8. The van der Waals surface area contributed by atoms with E-state index in [0.717, 1.165) is 11.1 Å². The predicted octanol–water partition coefficient (Wildman–Crippen LogP) is 5.55. The highest BCUT2D eigenvalue weighted by Crippen LogP contribution is 2.39. The van der Waals surface area contributed by atoms with Gasteiger partial charge in [0.2, 0.25) is 5.95 Å². The molecule has 2 aromatic heterocycles. The van der Waals surface area contributed by atoms with Crippen molar-refractivity contribution >= 4 is 29.9 Å². The Bertz CT molecular complexity index is 1470. The van der Waals surface area contributed by atoms with Crippen molar-refractivity contribution in [2.45, 2.75) is 65.7 Å². The van der Waals surface area contributed by atoms with Gasteiger partial charge in [-0.1, -0.05) is 12.1 Å². The van der Waals surface area contributed by atoms with Crippen LogP contribution in [-0.2, 0) is 27.2 Å². The average Bonchev–Trinajstić information content (AvgIpc) is 3.40. The van der Waals surface area contributed by atoms with Gasteiger partial charge in [-0.25, -0.2) is 29.3 Å². The summed E-state index contributed by atoms with van der Waals surface area (Å²) in [6.45, 7) is 11.0. The molecule has 0 unspecified atom stereocenters. The molecule has 0 aliphatic carbocycles. The van der Waals surface area contributed by atoms with Crippen LogP contribution in [0.3, 0.4) is 0 Å². The first-order chi connectivity index (χ1) is 19.8. The van der Waals surface area contributed by atoms with Crippen LogP contribution in [0.25, 0.3) is 11.3 Å². The van der Waals surface area contributed by atoms with Crippen molar-refractivity contribution in [2.24, 2.45) is 0 Å². The van der Waals surface area contributed by atoms with E-state index in [1.54, 1.807) is 72.0 Å². The summed E-state index contributed by atoms with van der Waals surface area (Å²) < 4.78 is 21.7. The fourth-order valence-electron chi connectivity index (χ4n) is 4.09. The van der Waals surface area contributed by atoms with Gasteiger partial charge in [-0.2, -0.15) is 0 Å². The number of methoxy groups -OCH3 is 1. The molecular weight excluding hydrogens is 542 g/mol. The molecule has 12 heteroatoms. The number of hydrogen-bond donors (Lipinski definition) is 1. The molecule has 12 nitrogen and oxygen atoms in total. The van der Waals surface area contributed by atoms with Crippen molar-refractivity contribution in [3.63, 3.8) is 0 Å². The number of benzene rings is 1. The summed E-state index contributed by atoms with van der Waals surface area (Å²) in [5.74, 6) is 0.597. The maximum Gasteiger partial charge on any atom is 0.427 e. The maximum absolute atomic E-state index is 13.1. The molecule has 222 valence electrons. The number of nitrogens with one attached hydrogen (secondary N) is 1. The molecule has 0 atom stereocenters. The Morgan fingerprint density at radius 1 is 1.00 bits per heavy atom. The van der Waals surface area contributed by atoms with E-state index in [-0.39, 0.29) is 5.95 Å². The van der Waals surface area contributed by atoms with Crippen LogP contribution in [0.1, 0.15) is 63.0 Å². The third-order valence-electron chi connectivity index (χ3n) is 5.80. The molecule has 0 bridgehead atoms. The first-order valence-electron chi connectivity index (χ1n) is 13.4. The molecule has 0 saturated carbocycles. The van der Waals surface area contributed by atoms with Crippen molar-refractivity contribution in [1.29, 1.82) is 0 Å². The molecule has 4 rings (SSSR count). The van der Waals surface area contributed by atoms with E-state index in [0.29, 0.717) is 52.9 Å². The standard InChI is InChI=1S/C30H35N5O7/c1-29(2,3)41-27(37)35(28(38)42-30(4,5)6)26-31-13-11-22(34-26)21-17-33-24(20-12-14-40-23(20)21)32-16-18-9-8-10-19(15-18)25(36)39-7/h8-11,13,15,17H,12,14,16H2,1-7H3,(H,32,33). The molecule has 2 amide bonds. The van der Waals surface area contributed by atoms with Gasteiger partial charge in [-0.3, -0.25) is 0 Å². The number of carbonyl (C=O) groups excluding carboxylic acids is 3. The molecule has 1 N–H and O–H groups in total. The lowest BCUT2D eigenvalue weighted by Gasteiger charge is -2.27. The highest BCUT2D eigenvalue weighted by molar-refractivity contribution is 6.08. The highest BCUT2D eigenvalue weighted by atomic mass is 16.6. The van der Waals surface area contributed by atoms with Crippen LogP contribution in [0.15, 0.2) is 42.7 Å². The molecule has 0 radical (unpaired) electrons. The van der Waals surface area contributed by atoms with Gasteiger partial charge in [0.25, 0.3) is 0 Å². The molecule has 3 aromatic rings. The van der Waals surface area contributed by atoms with Crippen molar-refractivity contribution in [3.8, 4) is 17.0 Å².